The Hall–Kier alpha value is -3.20. The molecule has 0 N–H and O–H groups in total. The molecule has 3 aromatic rings. The molecule has 2 heterocycles. The molecule has 4 rings (SSSR count). The van der Waals surface area contributed by atoms with Gasteiger partial charge in [-0.3, -0.25) is 14.9 Å². The number of piperazine rings is 1. The molecule has 0 unspecified atom stereocenters. The van der Waals surface area contributed by atoms with Crippen molar-refractivity contribution in [3.63, 3.8) is 0 Å². The van der Waals surface area contributed by atoms with Crippen molar-refractivity contribution in [2.24, 2.45) is 0 Å². The number of carbonyl (C=O) groups is 1. The molecule has 1 aliphatic heterocycles. The van der Waals surface area contributed by atoms with Gasteiger partial charge in [0.25, 0.3) is 11.6 Å². The molecular formula is C20H20N4O4S. The molecule has 1 fully saturated rings. The first-order valence-electron chi connectivity index (χ1n) is 9.37. The number of hydrogen-bond donors (Lipinski definition) is 0. The number of nitrogens with zero attached hydrogens (tertiary/aromatic N) is 4. The summed E-state index contributed by atoms with van der Waals surface area (Å²) >= 11 is 1.44. The van der Waals surface area contributed by atoms with Crippen LogP contribution in [0.1, 0.15) is 17.3 Å². The maximum atomic E-state index is 12.7. The number of fused-ring (bicyclic) bond motifs is 1. The van der Waals surface area contributed by atoms with Crippen molar-refractivity contribution in [2.75, 3.05) is 37.7 Å². The third-order valence-electron chi connectivity index (χ3n) is 4.82. The molecule has 29 heavy (non-hydrogen) atoms. The second-order valence-corrected chi connectivity index (χ2v) is 7.65. The van der Waals surface area contributed by atoms with Crippen LogP contribution in [-0.2, 0) is 0 Å². The highest BCUT2D eigenvalue weighted by Crippen LogP contribution is 2.32. The van der Waals surface area contributed by atoms with Gasteiger partial charge in [0.1, 0.15) is 5.75 Å². The molecule has 0 spiro atoms. The molecular weight excluding hydrogens is 392 g/mol. The number of aromatic nitrogens is 1. The SMILES string of the molecule is CCOc1ccc(C(=O)N2CCN(c3nc4ccc([N+](=O)[O-])cc4s3)CC2)cc1. The van der Waals surface area contributed by atoms with Gasteiger partial charge in [0.15, 0.2) is 5.13 Å². The van der Waals surface area contributed by atoms with E-state index < -0.39 is 4.92 Å². The van der Waals surface area contributed by atoms with Gasteiger partial charge in [-0.05, 0) is 37.3 Å². The van der Waals surface area contributed by atoms with Gasteiger partial charge in [0, 0.05) is 43.9 Å². The number of non-ortho nitro benzene ring substituents is 1. The molecule has 8 nitrogen and oxygen atoms in total. The fraction of sp³-hybridized carbons (Fsp3) is 0.300. The second kappa shape index (κ2) is 8.04. The highest BCUT2D eigenvalue weighted by atomic mass is 32.1. The van der Waals surface area contributed by atoms with Crippen molar-refractivity contribution in [1.29, 1.82) is 0 Å². The average Bonchev–Trinajstić information content (AvgIpc) is 3.17. The van der Waals surface area contributed by atoms with Crippen molar-refractivity contribution < 1.29 is 14.5 Å². The van der Waals surface area contributed by atoms with Crippen LogP contribution >= 0.6 is 11.3 Å². The smallest absolute Gasteiger partial charge is 0.270 e. The molecule has 0 bridgehead atoms. The van der Waals surface area contributed by atoms with Gasteiger partial charge in [-0.2, -0.15) is 0 Å². The van der Waals surface area contributed by atoms with E-state index in [2.05, 4.69) is 9.88 Å². The molecule has 1 amide bonds. The molecule has 0 saturated carbocycles. The maximum Gasteiger partial charge on any atom is 0.270 e. The number of anilines is 1. The molecule has 9 heteroatoms. The first kappa shape index (κ1) is 19.1. The Morgan fingerprint density at radius 3 is 2.55 bits per heavy atom. The lowest BCUT2D eigenvalue weighted by Gasteiger charge is -2.34. The quantitative estimate of drug-likeness (QED) is 0.470. The Balaban J connectivity index is 1.41. The summed E-state index contributed by atoms with van der Waals surface area (Å²) in [6.45, 7) is 5.05. The Bertz CT molecular complexity index is 1040. The topological polar surface area (TPSA) is 88.8 Å². The van der Waals surface area contributed by atoms with Crippen molar-refractivity contribution in [1.82, 2.24) is 9.88 Å². The van der Waals surface area contributed by atoms with Crippen molar-refractivity contribution in [2.45, 2.75) is 6.92 Å². The van der Waals surface area contributed by atoms with E-state index in [0.717, 1.165) is 21.1 Å². The number of rotatable bonds is 5. The van der Waals surface area contributed by atoms with Crippen LogP contribution in [0.15, 0.2) is 42.5 Å². The van der Waals surface area contributed by atoms with Crippen molar-refractivity contribution in [3.8, 4) is 5.75 Å². The fourth-order valence-corrected chi connectivity index (χ4v) is 4.34. The van der Waals surface area contributed by atoms with Crippen molar-refractivity contribution >= 4 is 38.3 Å². The molecule has 1 aliphatic rings. The van der Waals surface area contributed by atoms with Crippen LogP contribution in [0.25, 0.3) is 10.2 Å². The summed E-state index contributed by atoms with van der Waals surface area (Å²) in [5, 5.41) is 11.8. The van der Waals surface area contributed by atoms with E-state index in [9.17, 15) is 14.9 Å². The maximum absolute atomic E-state index is 12.7. The molecule has 0 radical (unpaired) electrons. The summed E-state index contributed by atoms with van der Waals surface area (Å²) in [6, 6.07) is 11.9. The predicted octanol–water partition coefficient (Wildman–Crippen LogP) is 3.57. The summed E-state index contributed by atoms with van der Waals surface area (Å²) < 4.78 is 6.21. The third-order valence-corrected chi connectivity index (χ3v) is 5.90. The summed E-state index contributed by atoms with van der Waals surface area (Å²) in [5.74, 6) is 0.762. The van der Waals surface area contributed by atoms with E-state index in [-0.39, 0.29) is 11.6 Å². The van der Waals surface area contributed by atoms with E-state index in [4.69, 9.17) is 4.74 Å². The highest BCUT2D eigenvalue weighted by molar-refractivity contribution is 7.22. The van der Waals surface area contributed by atoms with E-state index >= 15 is 0 Å². The van der Waals surface area contributed by atoms with Crippen LogP contribution in [0, 0.1) is 10.1 Å². The number of hydrogen-bond acceptors (Lipinski definition) is 7. The summed E-state index contributed by atoms with van der Waals surface area (Å²) in [5.41, 5.74) is 1.47. The Morgan fingerprint density at radius 2 is 1.90 bits per heavy atom. The molecule has 150 valence electrons. The second-order valence-electron chi connectivity index (χ2n) is 6.64. The lowest BCUT2D eigenvalue weighted by atomic mass is 10.1. The number of amides is 1. The van der Waals surface area contributed by atoms with Crippen LogP contribution in [0.3, 0.4) is 0 Å². The normalized spacial score (nSPS) is 14.2. The minimum atomic E-state index is -0.399. The third kappa shape index (κ3) is 4.00. The highest BCUT2D eigenvalue weighted by Gasteiger charge is 2.24. The molecule has 0 aliphatic carbocycles. The Morgan fingerprint density at radius 1 is 1.17 bits per heavy atom. The monoisotopic (exact) mass is 412 g/mol. The number of ether oxygens (including phenoxy) is 1. The largest absolute Gasteiger partial charge is 0.494 e. The van der Waals surface area contributed by atoms with E-state index in [1.54, 1.807) is 24.3 Å². The van der Waals surface area contributed by atoms with Crippen LogP contribution in [-0.4, -0.2) is 53.5 Å². The van der Waals surface area contributed by atoms with E-state index in [1.807, 2.05) is 24.0 Å². The first-order chi connectivity index (χ1) is 14.0. The van der Waals surface area contributed by atoms with Gasteiger partial charge in [0.05, 0.1) is 21.7 Å². The van der Waals surface area contributed by atoms with Crippen LogP contribution in [0.5, 0.6) is 5.75 Å². The van der Waals surface area contributed by atoms with Gasteiger partial charge in [0.2, 0.25) is 0 Å². The molecule has 2 aromatic carbocycles. The van der Waals surface area contributed by atoms with Gasteiger partial charge in [-0.25, -0.2) is 4.98 Å². The number of thiazole rings is 1. The zero-order chi connectivity index (χ0) is 20.4. The summed E-state index contributed by atoms with van der Waals surface area (Å²) in [7, 11) is 0. The zero-order valence-electron chi connectivity index (χ0n) is 15.9. The molecule has 1 aromatic heterocycles. The number of nitro benzene ring substituents is 1. The molecule has 1 saturated heterocycles. The van der Waals surface area contributed by atoms with Crippen LogP contribution in [0.4, 0.5) is 10.8 Å². The van der Waals surface area contributed by atoms with Crippen LogP contribution in [0.2, 0.25) is 0 Å². The molecule has 0 atom stereocenters. The fourth-order valence-electron chi connectivity index (χ4n) is 3.29. The standard InChI is InChI=1S/C20H20N4O4S/c1-2-28-16-6-3-14(4-7-16)19(25)22-9-11-23(12-10-22)20-21-17-8-5-15(24(26)27)13-18(17)29-20/h3-8,13H,2,9-12H2,1H3. The predicted molar refractivity (Wildman–Crippen MR) is 112 cm³/mol. The van der Waals surface area contributed by atoms with E-state index in [0.29, 0.717) is 38.3 Å². The van der Waals surface area contributed by atoms with Gasteiger partial charge in [-0.15, -0.1) is 0 Å². The lowest BCUT2D eigenvalue weighted by Crippen LogP contribution is -2.48. The average molecular weight is 412 g/mol. The summed E-state index contributed by atoms with van der Waals surface area (Å²) in [6.07, 6.45) is 0. The van der Waals surface area contributed by atoms with E-state index in [1.165, 1.54) is 17.4 Å². The Labute approximate surface area is 171 Å². The number of nitro groups is 1. The minimum Gasteiger partial charge on any atom is -0.494 e. The minimum absolute atomic E-state index is 0.00706. The Kier molecular flexibility index (Phi) is 5.30. The van der Waals surface area contributed by atoms with Crippen molar-refractivity contribution in [3.05, 3.63) is 58.1 Å². The lowest BCUT2D eigenvalue weighted by molar-refractivity contribution is -0.384. The van der Waals surface area contributed by atoms with Gasteiger partial charge in [-0.1, -0.05) is 11.3 Å². The first-order valence-corrected chi connectivity index (χ1v) is 10.2. The van der Waals surface area contributed by atoms with Gasteiger partial charge >= 0.3 is 0 Å². The number of carbonyl (C=O) groups excluding carboxylic acids is 1. The van der Waals surface area contributed by atoms with Crippen LogP contribution < -0.4 is 9.64 Å². The zero-order valence-corrected chi connectivity index (χ0v) is 16.7. The summed E-state index contributed by atoms with van der Waals surface area (Å²) in [4.78, 5) is 31.9. The van der Waals surface area contributed by atoms with Gasteiger partial charge < -0.3 is 14.5 Å². The number of benzene rings is 2.